The summed E-state index contributed by atoms with van der Waals surface area (Å²) in [5.74, 6) is 4.18. The fourth-order valence-electron chi connectivity index (χ4n) is 5.36. The maximum atomic E-state index is 10.8. The van der Waals surface area contributed by atoms with Crippen LogP contribution in [0, 0.1) is 6.92 Å². The van der Waals surface area contributed by atoms with Crippen LogP contribution in [-0.2, 0) is 18.9 Å². The number of para-hydroxylation sites is 2. The van der Waals surface area contributed by atoms with Crippen molar-refractivity contribution in [1.29, 1.82) is 0 Å². The first kappa shape index (κ1) is 46.9. The summed E-state index contributed by atoms with van der Waals surface area (Å²) < 4.78 is 46.5. The van der Waals surface area contributed by atoms with Gasteiger partial charge < -0.3 is 42.6 Å². The molecule has 0 aromatic heterocycles. The lowest BCUT2D eigenvalue weighted by atomic mass is 10.1. The Morgan fingerprint density at radius 1 is 0.482 bits per heavy atom. The zero-order chi connectivity index (χ0) is 41.6. The first-order valence-corrected chi connectivity index (χ1v) is 17.8. The van der Waals surface area contributed by atoms with E-state index in [0.29, 0.717) is 29.9 Å². The summed E-state index contributed by atoms with van der Waals surface area (Å²) in [7, 11) is 11.5. The Labute approximate surface area is 330 Å². The molecule has 0 spiro atoms. The molecular formula is C44H56O12. The van der Waals surface area contributed by atoms with Crippen LogP contribution >= 0.6 is 0 Å². The van der Waals surface area contributed by atoms with Crippen LogP contribution in [0.4, 0.5) is 0 Å². The molecule has 56 heavy (non-hydrogen) atoms. The number of Topliss-reactive ketones (excluding diaryl/α,β-unsaturated/α-hetero) is 3. The van der Waals surface area contributed by atoms with Gasteiger partial charge in [0.05, 0.1) is 48.8 Å². The molecule has 2 aliphatic heterocycles. The third kappa shape index (κ3) is 14.8. The zero-order valence-corrected chi connectivity index (χ0v) is 34.3. The largest absolute Gasteiger partial charge is 0.497 e. The number of fused-ring (bicyclic) bond motifs is 1. The standard InChI is InChI=1S/C10H10O2.C9H12O2.C9H10O2.C8H14O4.C8H10O2/c1-7(11)9-3-5-10(6-4-9)8(2)12;1-7-6-8(10-2)4-5-9(7)11-3;1-7(10)8-3-5-9(11-2)6-4-8;1-9-5-3-11-8-6(10-2)4-12-7(5)8;1-9-7-5-3-4-6-8(7)10-2/h3-6H,1-2H3;4-6H,1-3H3;3-6H,1-2H3;5-8H,3-4H2,1-2H3;3-6H,1-2H3/t;;;5-,6+,7-,8?;/m...1./s1. The van der Waals surface area contributed by atoms with Gasteiger partial charge in [0.1, 0.15) is 41.7 Å². The average Bonchev–Trinajstić information content (AvgIpc) is 3.84. The molecule has 0 saturated carbocycles. The van der Waals surface area contributed by atoms with Crippen LogP contribution in [0.2, 0.25) is 0 Å². The van der Waals surface area contributed by atoms with Crippen molar-refractivity contribution >= 4 is 17.3 Å². The normalized spacial score (nSPS) is 17.3. The van der Waals surface area contributed by atoms with Gasteiger partial charge in [0, 0.05) is 30.9 Å². The van der Waals surface area contributed by atoms with Gasteiger partial charge in [0.25, 0.3) is 0 Å². The lowest BCUT2D eigenvalue weighted by Crippen LogP contribution is -2.32. The molecule has 2 heterocycles. The molecule has 304 valence electrons. The van der Waals surface area contributed by atoms with Crippen LogP contribution in [0.5, 0.6) is 28.7 Å². The fourth-order valence-corrected chi connectivity index (χ4v) is 5.36. The second-order valence-electron chi connectivity index (χ2n) is 12.3. The highest BCUT2D eigenvalue weighted by Gasteiger charge is 2.48. The molecule has 1 unspecified atom stereocenters. The van der Waals surface area contributed by atoms with Crippen LogP contribution in [0.1, 0.15) is 57.4 Å². The van der Waals surface area contributed by atoms with Gasteiger partial charge >= 0.3 is 0 Å². The molecule has 12 nitrogen and oxygen atoms in total. The van der Waals surface area contributed by atoms with Gasteiger partial charge in [0.2, 0.25) is 0 Å². The third-order valence-corrected chi connectivity index (χ3v) is 8.65. The molecule has 4 atom stereocenters. The lowest BCUT2D eigenvalue weighted by Gasteiger charge is -2.14. The Balaban J connectivity index is 0.000000242. The number of aryl methyl sites for hydroxylation is 1. The number of ketones is 3. The molecular weight excluding hydrogens is 720 g/mol. The predicted molar refractivity (Wildman–Crippen MR) is 214 cm³/mol. The highest BCUT2D eigenvalue weighted by atomic mass is 16.6. The molecule has 0 radical (unpaired) electrons. The summed E-state index contributed by atoms with van der Waals surface area (Å²) >= 11 is 0. The summed E-state index contributed by atoms with van der Waals surface area (Å²) in [4.78, 5) is 32.5. The van der Waals surface area contributed by atoms with Crippen molar-refractivity contribution in [3.8, 4) is 28.7 Å². The average molecular weight is 777 g/mol. The number of benzene rings is 4. The summed E-state index contributed by atoms with van der Waals surface area (Å²) in [6, 6.07) is 27.0. The molecule has 12 heteroatoms. The Morgan fingerprint density at radius 2 is 0.839 bits per heavy atom. The topological polar surface area (TPSA) is 134 Å². The van der Waals surface area contributed by atoms with E-state index in [1.807, 2.05) is 49.4 Å². The monoisotopic (exact) mass is 776 g/mol. The minimum atomic E-state index is 0.0186. The van der Waals surface area contributed by atoms with Crippen LogP contribution in [0.25, 0.3) is 0 Å². The van der Waals surface area contributed by atoms with E-state index in [1.165, 1.54) is 13.8 Å². The molecule has 0 aliphatic carbocycles. The van der Waals surface area contributed by atoms with E-state index < -0.39 is 0 Å². The molecule has 2 fully saturated rings. The molecule has 0 amide bonds. The van der Waals surface area contributed by atoms with Crippen molar-refractivity contribution in [1.82, 2.24) is 0 Å². The number of ether oxygens (including phenoxy) is 9. The van der Waals surface area contributed by atoms with Crippen molar-refractivity contribution in [3.05, 3.63) is 113 Å². The van der Waals surface area contributed by atoms with Crippen LogP contribution < -0.4 is 23.7 Å². The Bertz CT molecular complexity index is 1700. The fraction of sp³-hybridized carbons (Fsp3) is 0.386. The van der Waals surface area contributed by atoms with E-state index in [0.717, 1.165) is 34.3 Å². The van der Waals surface area contributed by atoms with Crippen molar-refractivity contribution in [3.63, 3.8) is 0 Å². The van der Waals surface area contributed by atoms with Crippen LogP contribution in [0.15, 0.2) is 91.0 Å². The smallest absolute Gasteiger partial charge is 0.160 e. The number of methoxy groups -OCH3 is 7. The Hall–Kier alpha value is -5.27. The zero-order valence-electron chi connectivity index (χ0n) is 34.3. The van der Waals surface area contributed by atoms with Crippen molar-refractivity contribution in [2.24, 2.45) is 0 Å². The maximum Gasteiger partial charge on any atom is 0.160 e. The Kier molecular flexibility index (Phi) is 20.9. The second kappa shape index (κ2) is 25.0. The van der Waals surface area contributed by atoms with E-state index >= 15 is 0 Å². The van der Waals surface area contributed by atoms with Crippen LogP contribution in [-0.4, -0.2) is 105 Å². The molecule has 4 aromatic carbocycles. The number of carbonyl (C=O) groups excluding carboxylic acids is 3. The number of hydrogen-bond acceptors (Lipinski definition) is 12. The summed E-state index contributed by atoms with van der Waals surface area (Å²) in [6.07, 6.45) is 0.296. The van der Waals surface area contributed by atoms with Gasteiger partial charge in [-0.05, 0) is 87.9 Å². The molecule has 2 aliphatic rings. The number of rotatable bonds is 10. The molecule has 0 N–H and O–H groups in total. The van der Waals surface area contributed by atoms with Gasteiger partial charge in [-0.2, -0.15) is 0 Å². The van der Waals surface area contributed by atoms with Crippen LogP contribution in [0.3, 0.4) is 0 Å². The van der Waals surface area contributed by atoms with E-state index in [1.54, 1.807) is 105 Å². The van der Waals surface area contributed by atoms with Gasteiger partial charge in [-0.15, -0.1) is 0 Å². The highest BCUT2D eigenvalue weighted by molar-refractivity contribution is 5.97. The molecule has 2 saturated heterocycles. The molecule has 4 aromatic rings. The second-order valence-corrected chi connectivity index (χ2v) is 12.3. The molecule has 0 bridgehead atoms. The van der Waals surface area contributed by atoms with Crippen molar-refractivity contribution in [2.45, 2.75) is 52.1 Å². The summed E-state index contributed by atoms with van der Waals surface area (Å²) in [6.45, 7) is 7.77. The number of carbonyl (C=O) groups is 3. The van der Waals surface area contributed by atoms with E-state index in [4.69, 9.17) is 42.6 Å². The summed E-state index contributed by atoms with van der Waals surface area (Å²) in [5, 5.41) is 0. The van der Waals surface area contributed by atoms with Crippen molar-refractivity contribution < 1.29 is 57.0 Å². The van der Waals surface area contributed by atoms with E-state index in [-0.39, 0.29) is 41.8 Å². The predicted octanol–water partition coefficient (Wildman–Crippen LogP) is 7.52. The first-order chi connectivity index (χ1) is 26.9. The Morgan fingerprint density at radius 3 is 1.14 bits per heavy atom. The van der Waals surface area contributed by atoms with Gasteiger partial charge in [-0.3, -0.25) is 14.4 Å². The maximum absolute atomic E-state index is 10.8. The van der Waals surface area contributed by atoms with Gasteiger partial charge in [-0.25, -0.2) is 0 Å². The number of hydrogen-bond donors (Lipinski definition) is 0. The minimum absolute atomic E-state index is 0.0186. The van der Waals surface area contributed by atoms with Gasteiger partial charge in [0.15, 0.2) is 28.8 Å². The molecule has 6 rings (SSSR count). The SMILES string of the molecule is CC(=O)c1ccc(C(C)=O)cc1.CO[C@H]1CO[C@H]2C1OC[C@H]2OC.COc1ccc(C(C)=O)cc1.COc1ccc(OC)c(C)c1.COc1ccccc1OC. The van der Waals surface area contributed by atoms with E-state index in [2.05, 4.69) is 0 Å². The first-order valence-electron chi connectivity index (χ1n) is 17.8. The summed E-state index contributed by atoms with van der Waals surface area (Å²) in [5.41, 5.74) is 3.08. The highest BCUT2D eigenvalue weighted by Crippen LogP contribution is 2.29. The third-order valence-electron chi connectivity index (χ3n) is 8.65. The lowest BCUT2D eigenvalue weighted by molar-refractivity contribution is -0.0267. The quantitative estimate of drug-likeness (QED) is 0.148. The van der Waals surface area contributed by atoms with Gasteiger partial charge in [-0.1, -0.05) is 36.4 Å². The minimum Gasteiger partial charge on any atom is -0.497 e. The van der Waals surface area contributed by atoms with E-state index in [9.17, 15) is 14.4 Å². The van der Waals surface area contributed by atoms with Crippen molar-refractivity contribution in [2.75, 3.05) is 63.0 Å².